The van der Waals surface area contributed by atoms with Gasteiger partial charge in [0.05, 0.1) is 48.0 Å². The molecule has 0 radical (unpaired) electrons. The standard InChI is InChI=1S/C35H38Cl2N8O4/c1-19(46)42-22-12-21(13-22)39-18-30-35(49-3)45-28(17-41-30)26-9-5-7-24(33(26)37)23-6-4-8-25(32(23)36)27-16-40-29(34(44-27)48-2)15-38-14-20-10-11-31(47)43-20/h4-9,16-17,20-22,38-39H,10-15,18H2,1-3H3,(H,42,46)(H,43,47)/t20-,21-,22+/m0/s1. The SMILES string of the molecule is COc1nc(-c2cccc(-c3cccc(-c4cnc(CN[C@H]5C[C@@H](NC(C)=O)C5)c(OC)n4)c3Cl)c2Cl)cnc1CNC[C@@H]1CCC(=O)N1. The maximum atomic E-state index is 11.5. The molecule has 12 nitrogen and oxygen atoms in total. The van der Waals surface area contributed by atoms with Crippen molar-refractivity contribution in [3.05, 3.63) is 70.2 Å². The molecule has 3 heterocycles. The Labute approximate surface area is 294 Å². The Balaban J connectivity index is 1.19. The van der Waals surface area contributed by atoms with Crippen LogP contribution < -0.4 is 30.7 Å². The van der Waals surface area contributed by atoms with Crippen molar-refractivity contribution in [2.24, 2.45) is 0 Å². The number of hydrogen-bond donors (Lipinski definition) is 4. The predicted octanol–water partition coefficient (Wildman–Crippen LogP) is 4.72. The first-order valence-electron chi connectivity index (χ1n) is 16.1. The van der Waals surface area contributed by atoms with Crippen LogP contribution in [0.5, 0.6) is 11.8 Å². The summed E-state index contributed by atoms with van der Waals surface area (Å²) in [5.74, 6) is 0.857. The van der Waals surface area contributed by atoms with Crippen LogP contribution in [0.4, 0.5) is 0 Å². The molecule has 4 aromatic rings. The molecule has 0 spiro atoms. The number of carbonyl (C=O) groups is 2. The van der Waals surface area contributed by atoms with Crippen LogP contribution in [0.2, 0.25) is 10.0 Å². The molecule has 6 rings (SSSR count). The molecule has 2 aliphatic rings. The van der Waals surface area contributed by atoms with E-state index in [1.165, 1.54) is 6.92 Å². The fourth-order valence-electron chi connectivity index (χ4n) is 6.12. The number of hydrogen-bond acceptors (Lipinski definition) is 10. The minimum absolute atomic E-state index is 0.0114. The van der Waals surface area contributed by atoms with Gasteiger partial charge in [-0.05, 0) is 19.3 Å². The molecule has 256 valence electrons. The number of carbonyl (C=O) groups excluding carboxylic acids is 2. The van der Waals surface area contributed by atoms with Crippen LogP contribution in [-0.4, -0.2) is 70.6 Å². The smallest absolute Gasteiger partial charge is 0.237 e. The Kier molecular flexibility index (Phi) is 10.9. The molecular weight excluding hydrogens is 667 g/mol. The van der Waals surface area contributed by atoms with Crippen molar-refractivity contribution >= 4 is 35.0 Å². The first-order chi connectivity index (χ1) is 23.7. The minimum Gasteiger partial charge on any atom is -0.480 e. The lowest BCUT2D eigenvalue weighted by Gasteiger charge is -2.36. The average Bonchev–Trinajstić information content (AvgIpc) is 3.50. The third-order valence-electron chi connectivity index (χ3n) is 8.72. The summed E-state index contributed by atoms with van der Waals surface area (Å²) in [6, 6.07) is 12.0. The van der Waals surface area contributed by atoms with Crippen molar-refractivity contribution in [1.82, 2.24) is 41.2 Å². The van der Waals surface area contributed by atoms with E-state index in [1.807, 2.05) is 36.4 Å². The van der Waals surface area contributed by atoms with Crippen LogP contribution in [0.1, 0.15) is 44.0 Å². The molecule has 0 unspecified atom stereocenters. The van der Waals surface area contributed by atoms with Gasteiger partial charge < -0.3 is 30.7 Å². The second kappa shape index (κ2) is 15.5. The van der Waals surface area contributed by atoms with Crippen LogP contribution in [0.15, 0.2) is 48.8 Å². The molecule has 0 bridgehead atoms. The Hall–Kier alpha value is -4.36. The zero-order chi connectivity index (χ0) is 34.5. The molecule has 2 aromatic heterocycles. The van der Waals surface area contributed by atoms with Crippen molar-refractivity contribution in [2.45, 2.75) is 63.8 Å². The topological polar surface area (TPSA) is 152 Å². The molecule has 1 saturated heterocycles. The number of benzene rings is 2. The number of amides is 2. The van der Waals surface area contributed by atoms with Crippen molar-refractivity contribution in [1.29, 1.82) is 0 Å². The fourth-order valence-corrected chi connectivity index (χ4v) is 6.77. The summed E-state index contributed by atoms with van der Waals surface area (Å²) in [5, 5.41) is 13.6. The van der Waals surface area contributed by atoms with E-state index in [-0.39, 0.29) is 29.9 Å². The van der Waals surface area contributed by atoms with Gasteiger partial charge in [0.2, 0.25) is 23.6 Å². The second-order valence-electron chi connectivity index (χ2n) is 12.1. The van der Waals surface area contributed by atoms with Gasteiger partial charge in [0.25, 0.3) is 0 Å². The molecule has 1 atom stereocenters. The highest BCUT2D eigenvalue weighted by atomic mass is 35.5. The largest absolute Gasteiger partial charge is 0.480 e. The molecule has 2 fully saturated rings. The van der Waals surface area contributed by atoms with E-state index in [9.17, 15) is 9.59 Å². The van der Waals surface area contributed by atoms with Crippen LogP contribution >= 0.6 is 23.2 Å². The van der Waals surface area contributed by atoms with Crippen molar-refractivity contribution in [2.75, 3.05) is 20.8 Å². The number of aromatic nitrogens is 4. The number of rotatable bonds is 13. The van der Waals surface area contributed by atoms with Gasteiger partial charge in [0.15, 0.2) is 0 Å². The molecule has 1 aliphatic carbocycles. The molecular formula is C35H38Cl2N8O4. The maximum Gasteiger partial charge on any atom is 0.237 e. The normalized spacial score (nSPS) is 18.5. The van der Waals surface area contributed by atoms with Gasteiger partial charge in [-0.25, -0.2) is 9.97 Å². The van der Waals surface area contributed by atoms with Gasteiger partial charge in [-0.2, -0.15) is 0 Å². The lowest BCUT2D eigenvalue weighted by atomic mass is 9.86. The van der Waals surface area contributed by atoms with E-state index in [2.05, 4.69) is 31.2 Å². The number of ether oxygens (including phenoxy) is 2. The molecule has 14 heteroatoms. The summed E-state index contributed by atoms with van der Waals surface area (Å²) < 4.78 is 11.2. The zero-order valence-electron chi connectivity index (χ0n) is 27.5. The third-order valence-corrected chi connectivity index (χ3v) is 9.54. The van der Waals surface area contributed by atoms with Crippen LogP contribution in [0.3, 0.4) is 0 Å². The number of nitrogens with one attached hydrogen (secondary N) is 4. The van der Waals surface area contributed by atoms with Gasteiger partial charge in [0.1, 0.15) is 11.4 Å². The first-order valence-corrected chi connectivity index (χ1v) is 16.9. The molecule has 2 aromatic carbocycles. The summed E-state index contributed by atoms with van der Waals surface area (Å²) in [4.78, 5) is 41.5. The van der Waals surface area contributed by atoms with E-state index in [1.54, 1.807) is 26.6 Å². The highest BCUT2D eigenvalue weighted by Crippen LogP contribution is 2.42. The van der Waals surface area contributed by atoms with Gasteiger partial charge in [0, 0.05) is 73.4 Å². The van der Waals surface area contributed by atoms with Gasteiger partial charge in [-0.15, -0.1) is 0 Å². The van der Waals surface area contributed by atoms with Crippen molar-refractivity contribution < 1.29 is 19.1 Å². The summed E-state index contributed by atoms with van der Waals surface area (Å²) in [6.45, 7) is 3.08. The Morgan fingerprint density at radius 2 is 1.41 bits per heavy atom. The summed E-state index contributed by atoms with van der Waals surface area (Å²) in [6.07, 6.45) is 6.46. The van der Waals surface area contributed by atoms with E-state index in [0.29, 0.717) is 81.8 Å². The fraction of sp³-hybridized carbons (Fsp3) is 0.371. The van der Waals surface area contributed by atoms with E-state index >= 15 is 0 Å². The van der Waals surface area contributed by atoms with E-state index < -0.39 is 0 Å². The van der Waals surface area contributed by atoms with Crippen LogP contribution in [-0.2, 0) is 22.7 Å². The predicted molar refractivity (Wildman–Crippen MR) is 187 cm³/mol. The van der Waals surface area contributed by atoms with E-state index in [0.717, 1.165) is 30.4 Å². The molecule has 1 aliphatic heterocycles. The van der Waals surface area contributed by atoms with Crippen LogP contribution in [0, 0.1) is 0 Å². The van der Waals surface area contributed by atoms with Gasteiger partial charge >= 0.3 is 0 Å². The van der Waals surface area contributed by atoms with Crippen molar-refractivity contribution in [3.63, 3.8) is 0 Å². The monoisotopic (exact) mass is 704 g/mol. The van der Waals surface area contributed by atoms with Gasteiger partial charge in [-0.1, -0.05) is 59.6 Å². The zero-order valence-corrected chi connectivity index (χ0v) is 29.0. The number of nitrogens with zero attached hydrogens (tertiary/aromatic N) is 4. The van der Waals surface area contributed by atoms with Gasteiger partial charge in [-0.3, -0.25) is 19.6 Å². The van der Waals surface area contributed by atoms with E-state index in [4.69, 9.17) is 42.6 Å². The quantitative estimate of drug-likeness (QED) is 0.154. The molecule has 49 heavy (non-hydrogen) atoms. The maximum absolute atomic E-state index is 11.5. The first kappa shape index (κ1) is 34.5. The lowest BCUT2D eigenvalue weighted by molar-refractivity contribution is -0.120. The third kappa shape index (κ3) is 7.94. The Bertz CT molecular complexity index is 1850. The molecule has 1 saturated carbocycles. The van der Waals surface area contributed by atoms with Crippen molar-refractivity contribution in [3.8, 4) is 45.4 Å². The molecule has 4 N–H and O–H groups in total. The Morgan fingerprint density at radius 1 is 0.857 bits per heavy atom. The number of halogens is 2. The summed E-state index contributed by atoms with van der Waals surface area (Å²) in [7, 11) is 3.12. The summed E-state index contributed by atoms with van der Waals surface area (Å²) >= 11 is 14.1. The summed E-state index contributed by atoms with van der Waals surface area (Å²) in [5.41, 5.74) is 5.23. The highest BCUT2D eigenvalue weighted by Gasteiger charge is 2.29. The highest BCUT2D eigenvalue weighted by molar-refractivity contribution is 6.39. The lowest BCUT2D eigenvalue weighted by Crippen LogP contribution is -2.51. The number of methoxy groups -OCH3 is 2. The average molecular weight is 706 g/mol. The second-order valence-corrected chi connectivity index (χ2v) is 12.9. The molecule has 2 amide bonds. The minimum atomic E-state index is -0.0114. The Morgan fingerprint density at radius 3 is 1.92 bits per heavy atom. The van der Waals surface area contributed by atoms with Crippen LogP contribution in [0.25, 0.3) is 33.6 Å².